The molecule has 0 heterocycles. The molecule has 0 aliphatic carbocycles. The molecule has 1 amide bonds. The molecule has 0 saturated heterocycles. The maximum absolute atomic E-state index is 11.6. The average Bonchev–Trinajstić information content (AvgIpc) is 2.33. The summed E-state index contributed by atoms with van der Waals surface area (Å²) in [5.74, 6) is 0. The Balaban J connectivity index is 2.38. The summed E-state index contributed by atoms with van der Waals surface area (Å²) in [6.07, 6.45) is -0.372. The van der Waals surface area contributed by atoms with Gasteiger partial charge in [0.25, 0.3) is 0 Å². The van der Waals surface area contributed by atoms with Crippen molar-refractivity contribution in [3.05, 3.63) is 34.9 Å². The maximum Gasteiger partial charge on any atom is 0.407 e. The van der Waals surface area contributed by atoms with Gasteiger partial charge >= 0.3 is 6.09 Å². The number of hydrogen-bond acceptors (Lipinski definition) is 3. The van der Waals surface area contributed by atoms with Crippen molar-refractivity contribution < 1.29 is 9.53 Å². The van der Waals surface area contributed by atoms with Crippen LogP contribution in [0.3, 0.4) is 0 Å². The van der Waals surface area contributed by atoms with Crippen molar-refractivity contribution in [2.45, 2.75) is 59.7 Å². The van der Waals surface area contributed by atoms with Crippen LogP contribution in [-0.4, -0.2) is 24.3 Å². The van der Waals surface area contributed by atoms with E-state index in [1.165, 1.54) is 16.7 Å². The molecule has 0 radical (unpaired) electrons. The molecule has 21 heavy (non-hydrogen) atoms. The molecule has 0 aliphatic rings. The van der Waals surface area contributed by atoms with E-state index >= 15 is 0 Å². The number of amides is 1. The topological polar surface area (TPSA) is 50.4 Å². The highest BCUT2D eigenvalue weighted by Crippen LogP contribution is 2.12. The Morgan fingerprint density at radius 3 is 2.33 bits per heavy atom. The van der Waals surface area contributed by atoms with Gasteiger partial charge in [-0.2, -0.15) is 0 Å². The van der Waals surface area contributed by atoms with Gasteiger partial charge in [-0.05, 0) is 58.2 Å². The molecule has 0 aromatic heterocycles. The second kappa shape index (κ2) is 7.46. The van der Waals surface area contributed by atoms with Gasteiger partial charge in [-0.3, -0.25) is 0 Å². The molecule has 0 aliphatic heterocycles. The fraction of sp³-hybridized carbons (Fsp3) is 0.588. The van der Waals surface area contributed by atoms with Gasteiger partial charge in [-0.1, -0.05) is 18.2 Å². The zero-order chi connectivity index (χ0) is 16.0. The van der Waals surface area contributed by atoms with Crippen molar-refractivity contribution in [3.8, 4) is 0 Å². The summed E-state index contributed by atoms with van der Waals surface area (Å²) < 4.78 is 5.21. The van der Waals surface area contributed by atoms with Crippen LogP contribution in [-0.2, 0) is 11.3 Å². The van der Waals surface area contributed by atoms with Gasteiger partial charge in [0.05, 0.1) is 0 Å². The SMILES string of the molecule is Cc1cccc(C)c1CNC(C)CNC(=O)OC(C)(C)C. The van der Waals surface area contributed by atoms with Gasteiger partial charge < -0.3 is 15.4 Å². The lowest BCUT2D eigenvalue weighted by Gasteiger charge is -2.21. The lowest BCUT2D eigenvalue weighted by atomic mass is 10.0. The summed E-state index contributed by atoms with van der Waals surface area (Å²) in [6.45, 7) is 13.2. The first-order chi connectivity index (χ1) is 9.69. The summed E-state index contributed by atoms with van der Waals surface area (Å²) in [5, 5.41) is 6.21. The Kier molecular flexibility index (Phi) is 6.21. The highest BCUT2D eigenvalue weighted by Gasteiger charge is 2.16. The maximum atomic E-state index is 11.6. The van der Waals surface area contributed by atoms with Crippen LogP contribution in [0.25, 0.3) is 0 Å². The minimum Gasteiger partial charge on any atom is -0.444 e. The molecule has 1 aromatic carbocycles. The molecule has 0 saturated carbocycles. The van der Waals surface area contributed by atoms with Crippen LogP contribution < -0.4 is 10.6 Å². The van der Waals surface area contributed by atoms with Crippen molar-refractivity contribution in [2.24, 2.45) is 0 Å². The zero-order valence-electron chi connectivity index (χ0n) is 14.0. The fourth-order valence-electron chi connectivity index (χ4n) is 2.03. The van der Waals surface area contributed by atoms with Gasteiger partial charge in [0.2, 0.25) is 0 Å². The minimum atomic E-state index is -0.459. The lowest BCUT2D eigenvalue weighted by molar-refractivity contribution is 0.0523. The largest absolute Gasteiger partial charge is 0.444 e. The summed E-state index contributed by atoms with van der Waals surface area (Å²) in [6, 6.07) is 6.49. The number of carbonyl (C=O) groups excluding carboxylic acids is 1. The normalized spacial score (nSPS) is 12.9. The lowest BCUT2D eigenvalue weighted by Crippen LogP contribution is -2.41. The van der Waals surface area contributed by atoms with E-state index in [1.54, 1.807) is 0 Å². The van der Waals surface area contributed by atoms with Crippen LogP contribution in [0.5, 0.6) is 0 Å². The molecule has 1 unspecified atom stereocenters. The van der Waals surface area contributed by atoms with E-state index in [9.17, 15) is 4.79 Å². The highest BCUT2D eigenvalue weighted by atomic mass is 16.6. The first kappa shape index (κ1) is 17.5. The molecule has 2 N–H and O–H groups in total. The smallest absolute Gasteiger partial charge is 0.407 e. The first-order valence-corrected chi connectivity index (χ1v) is 7.44. The number of rotatable bonds is 5. The monoisotopic (exact) mass is 292 g/mol. The third-order valence-electron chi connectivity index (χ3n) is 3.22. The Bertz CT molecular complexity index is 458. The molecule has 0 fully saturated rings. The molecule has 1 rings (SSSR count). The molecule has 118 valence electrons. The van der Waals surface area contributed by atoms with E-state index in [-0.39, 0.29) is 12.1 Å². The molecule has 4 heteroatoms. The van der Waals surface area contributed by atoms with E-state index in [4.69, 9.17) is 4.74 Å². The number of alkyl carbamates (subject to hydrolysis) is 1. The van der Waals surface area contributed by atoms with Gasteiger partial charge in [0.15, 0.2) is 0 Å². The van der Waals surface area contributed by atoms with Gasteiger partial charge in [-0.25, -0.2) is 4.79 Å². The second-order valence-electron chi connectivity index (χ2n) is 6.54. The highest BCUT2D eigenvalue weighted by molar-refractivity contribution is 5.67. The number of carbonyl (C=O) groups is 1. The van der Waals surface area contributed by atoms with E-state index in [1.807, 2.05) is 27.7 Å². The van der Waals surface area contributed by atoms with E-state index in [2.05, 4.69) is 42.7 Å². The van der Waals surface area contributed by atoms with Crippen molar-refractivity contribution in [2.75, 3.05) is 6.54 Å². The Morgan fingerprint density at radius 1 is 1.24 bits per heavy atom. The zero-order valence-corrected chi connectivity index (χ0v) is 14.0. The molecule has 1 aromatic rings. The Morgan fingerprint density at radius 2 is 1.81 bits per heavy atom. The molecule has 0 spiro atoms. The molecule has 1 atom stereocenters. The van der Waals surface area contributed by atoms with E-state index in [0.29, 0.717) is 6.54 Å². The fourth-order valence-corrected chi connectivity index (χ4v) is 2.03. The van der Waals surface area contributed by atoms with Crippen LogP contribution in [0.2, 0.25) is 0 Å². The van der Waals surface area contributed by atoms with Crippen LogP contribution in [0.1, 0.15) is 44.4 Å². The van der Waals surface area contributed by atoms with E-state index in [0.717, 1.165) is 6.54 Å². The molecule has 4 nitrogen and oxygen atoms in total. The third-order valence-corrected chi connectivity index (χ3v) is 3.22. The van der Waals surface area contributed by atoms with Gasteiger partial charge in [-0.15, -0.1) is 0 Å². The van der Waals surface area contributed by atoms with Gasteiger partial charge in [0, 0.05) is 19.1 Å². The summed E-state index contributed by atoms with van der Waals surface area (Å²) in [7, 11) is 0. The summed E-state index contributed by atoms with van der Waals surface area (Å²) >= 11 is 0. The van der Waals surface area contributed by atoms with Gasteiger partial charge in [0.1, 0.15) is 5.60 Å². The van der Waals surface area contributed by atoms with Crippen molar-refractivity contribution >= 4 is 6.09 Å². The predicted molar refractivity (Wildman–Crippen MR) is 86.5 cm³/mol. The number of nitrogens with one attached hydrogen (secondary N) is 2. The van der Waals surface area contributed by atoms with Crippen LogP contribution >= 0.6 is 0 Å². The van der Waals surface area contributed by atoms with Crippen molar-refractivity contribution in [1.29, 1.82) is 0 Å². The minimum absolute atomic E-state index is 0.177. The molecular formula is C17H28N2O2. The number of benzene rings is 1. The Hall–Kier alpha value is -1.55. The van der Waals surface area contributed by atoms with Crippen molar-refractivity contribution in [3.63, 3.8) is 0 Å². The van der Waals surface area contributed by atoms with Crippen LogP contribution in [0, 0.1) is 13.8 Å². The molecule has 0 bridgehead atoms. The predicted octanol–water partition coefficient (Wildman–Crippen LogP) is 3.31. The number of aryl methyl sites for hydroxylation is 2. The number of hydrogen-bond donors (Lipinski definition) is 2. The quantitative estimate of drug-likeness (QED) is 0.875. The second-order valence-corrected chi connectivity index (χ2v) is 6.54. The summed E-state index contributed by atoms with van der Waals surface area (Å²) in [5.41, 5.74) is 3.44. The standard InChI is InChI=1S/C17H28N2O2/c1-12-8-7-9-13(2)15(12)11-18-14(3)10-19-16(20)21-17(4,5)6/h7-9,14,18H,10-11H2,1-6H3,(H,19,20). The summed E-state index contributed by atoms with van der Waals surface area (Å²) in [4.78, 5) is 11.6. The van der Waals surface area contributed by atoms with Crippen molar-refractivity contribution in [1.82, 2.24) is 10.6 Å². The number of ether oxygens (including phenoxy) is 1. The van der Waals surface area contributed by atoms with Crippen LogP contribution in [0.4, 0.5) is 4.79 Å². The third kappa shape index (κ3) is 6.63. The van der Waals surface area contributed by atoms with Crippen LogP contribution in [0.15, 0.2) is 18.2 Å². The van der Waals surface area contributed by atoms with E-state index < -0.39 is 5.60 Å². The molecular weight excluding hydrogens is 264 g/mol. The first-order valence-electron chi connectivity index (χ1n) is 7.44. The Labute approximate surface area is 128 Å². The average molecular weight is 292 g/mol.